The van der Waals surface area contributed by atoms with Gasteiger partial charge in [-0.3, -0.25) is 9.59 Å². The molecule has 0 aromatic heterocycles. The van der Waals surface area contributed by atoms with E-state index in [1.165, 1.54) is 0 Å². The number of carbonyl (C=O) groups excluding carboxylic acids is 2. The Bertz CT molecular complexity index is 1070. The van der Waals surface area contributed by atoms with Crippen LogP contribution in [0.4, 0.5) is 0 Å². The van der Waals surface area contributed by atoms with E-state index >= 15 is 0 Å². The van der Waals surface area contributed by atoms with Gasteiger partial charge in [0.25, 0.3) is 11.7 Å². The summed E-state index contributed by atoms with van der Waals surface area (Å²) in [6.07, 6.45) is 2.01. The number of Topliss-reactive ketones (excluding diaryl/α,β-unsaturated/α-hetero) is 1. The van der Waals surface area contributed by atoms with Crippen LogP contribution in [-0.2, 0) is 9.59 Å². The number of unbranched alkanes of at least 4 members (excludes halogenated alkanes) is 1. The van der Waals surface area contributed by atoms with Gasteiger partial charge in [0.2, 0.25) is 0 Å². The molecule has 0 aliphatic carbocycles. The number of rotatable bonds is 11. The largest absolute Gasteiger partial charge is 0.507 e. The quantitative estimate of drug-likeness (QED) is 0.207. The summed E-state index contributed by atoms with van der Waals surface area (Å²) >= 11 is 0. The molecular weight excluding hydrogens is 440 g/mol. The second kappa shape index (κ2) is 12.0. The Hall–Kier alpha value is -3.12. The number of ether oxygens (including phenoxy) is 1. The summed E-state index contributed by atoms with van der Waals surface area (Å²) in [5.74, 6) is -0.610. The lowest BCUT2D eigenvalue weighted by Crippen LogP contribution is -2.38. The van der Waals surface area contributed by atoms with Crippen LogP contribution in [0.15, 0.2) is 48.0 Å². The fourth-order valence-corrected chi connectivity index (χ4v) is 4.44. The molecular formula is C29H38N2O4. The molecule has 2 aromatic carbocycles. The van der Waals surface area contributed by atoms with Crippen LogP contribution in [0, 0.1) is 13.8 Å². The van der Waals surface area contributed by atoms with E-state index in [1.54, 1.807) is 11.0 Å². The van der Waals surface area contributed by atoms with E-state index < -0.39 is 17.7 Å². The summed E-state index contributed by atoms with van der Waals surface area (Å²) in [6.45, 7) is 13.6. The van der Waals surface area contributed by atoms with Crippen molar-refractivity contribution in [1.82, 2.24) is 9.80 Å². The first-order chi connectivity index (χ1) is 16.8. The molecule has 6 heteroatoms. The molecule has 6 nitrogen and oxygen atoms in total. The summed E-state index contributed by atoms with van der Waals surface area (Å²) in [5.41, 5.74) is 3.41. The molecule has 3 rings (SSSR count). The van der Waals surface area contributed by atoms with Crippen molar-refractivity contribution in [2.24, 2.45) is 0 Å². The van der Waals surface area contributed by atoms with Gasteiger partial charge >= 0.3 is 0 Å². The lowest BCUT2D eigenvalue weighted by Gasteiger charge is -2.28. The van der Waals surface area contributed by atoms with E-state index in [0.717, 1.165) is 48.4 Å². The van der Waals surface area contributed by atoms with Crippen molar-refractivity contribution in [3.8, 4) is 5.75 Å². The maximum absolute atomic E-state index is 13.2. The van der Waals surface area contributed by atoms with Crippen LogP contribution in [-0.4, -0.2) is 59.4 Å². The van der Waals surface area contributed by atoms with Crippen LogP contribution in [0.1, 0.15) is 61.9 Å². The minimum atomic E-state index is -0.645. The number of aryl methyl sites for hydroxylation is 2. The highest BCUT2D eigenvalue weighted by Gasteiger charge is 2.45. The highest BCUT2D eigenvalue weighted by Crippen LogP contribution is 2.39. The summed E-state index contributed by atoms with van der Waals surface area (Å²) in [4.78, 5) is 30.2. The molecule has 0 saturated carbocycles. The maximum Gasteiger partial charge on any atom is 0.295 e. The first-order valence-electron chi connectivity index (χ1n) is 12.6. The molecule has 2 aromatic rings. The summed E-state index contributed by atoms with van der Waals surface area (Å²) in [7, 11) is 0. The average Bonchev–Trinajstić information content (AvgIpc) is 3.10. The number of benzene rings is 2. The topological polar surface area (TPSA) is 70.1 Å². The minimum Gasteiger partial charge on any atom is -0.507 e. The molecule has 0 unspecified atom stereocenters. The average molecular weight is 479 g/mol. The summed E-state index contributed by atoms with van der Waals surface area (Å²) in [5, 5.41) is 11.3. The second-order valence-electron chi connectivity index (χ2n) is 9.11. The van der Waals surface area contributed by atoms with Gasteiger partial charge in [0, 0.05) is 18.7 Å². The van der Waals surface area contributed by atoms with E-state index in [9.17, 15) is 14.7 Å². The Morgan fingerprint density at radius 1 is 1.03 bits per heavy atom. The first-order valence-corrected chi connectivity index (χ1v) is 12.6. The number of aliphatic hydroxyl groups excluding tert-OH is 1. The van der Waals surface area contributed by atoms with Crippen molar-refractivity contribution in [3.05, 3.63) is 70.3 Å². The molecule has 1 saturated heterocycles. The third kappa shape index (κ3) is 5.93. The van der Waals surface area contributed by atoms with E-state index in [1.807, 2.05) is 50.2 Å². The van der Waals surface area contributed by atoms with E-state index in [-0.39, 0.29) is 11.3 Å². The third-order valence-corrected chi connectivity index (χ3v) is 6.69. The van der Waals surface area contributed by atoms with Crippen molar-refractivity contribution in [2.45, 2.75) is 53.5 Å². The molecule has 0 spiro atoms. The number of likely N-dealkylation sites (N-methyl/N-ethyl adjacent to an activating group) is 1. The van der Waals surface area contributed by atoms with Gasteiger partial charge in [0.1, 0.15) is 11.5 Å². The number of aliphatic hydroxyl groups is 1. The molecule has 1 heterocycles. The second-order valence-corrected chi connectivity index (χ2v) is 9.11. The van der Waals surface area contributed by atoms with Gasteiger partial charge in [-0.15, -0.1) is 0 Å². The molecule has 1 aliphatic rings. The Balaban J connectivity index is 2.03. The van der Waals surface area contributed by atoms with E-state index in [0.29, 0.717) is 25.3 Å². The van der Waals surface area contributed by atoms with Crippen LogP contribution < -0.4 is 4.74 Å². The number of nitrogens with zero attached hydrogens (tertiary/aromatic N) is 2. The Morgan fingerprint density at radius 2 is 1.71 bits per heavy atom. The van der Waals surface area contributed by atoms with E-state index in [2.05, 4.69) is 25.7 Å². The normalized spacial score (nSPS) is 17.4. The van der Waals surface area contributed by atoms with Gasteiger partial charge in [-0.25, -0.2) is 0 Å². The van der Waals surface area contributed by atoms with Crippen LogP contribution in [0.3, 0.4) is 0 Å². The number of hydrogen-bond acceptors (Lipinski definition) is 5. The first kappa shape index (κ1) is 26.5. The predicted molar refractivity (Wildman–Crippen MR) is 140 cm³/mol. The van der Waals surface area contributed by atoms with Gasteiger partial charge in [-0.05, 0) is 62.7 Å². The zero-order valence-electron chi connectivity index (χ0n) is 21.6. The lowest BCUT2D eigenvalue weighted by molar-refractivity contribution is -0.140. The van der Waals surface area contributed by atoms with Crippen LogP contribution in [0.5, 0.6) is 5.75 Å². The number of likely N-dealkylation sites (tertiary alicyclic amines) is 1. The highest BCUT2D eigenvalue weighted by molar-refractivity contribution is 6.46. The molecule has 1 aliphatic heterocycles. The highest BCUT2D eigenvalue weighted by atomic mass is 16.5. The van der Waals surface area contributed by atoms with Gasteiger partial charge in [0.15, 0.2) is 0 Å². The Kier molecular flexibility index (Phi) is 9.10. The van der Waals surface area contributed by atoms with Gasteiger partial charge < -0.3 is 19.6 Å². The molecule has 1 N–H and O–H groups in total. The third-order valence-electron chi connectivity index (χ3n) is 6.69. The summed E-state index contributed by atoms with van der Waals surface area (Å²) in [6, 6.07) is 12.5. The zero-order chi connectivity index (χ0) is 25.5. The number of carbonyl (C=O) groups is 2. The van der Waals surface area contributed by atoms with Crippen molar-refractivity contribution in [3.63, 3.8) is 0 Å². The number of ketones is 1. The van der Waals surface area contributed by atoms with Crippen molar-refractivity contribution >= 4 is 17.4 Å². The Morgan fingerprint density at radius 3 is 2.31 bits per heavy atom. The molecule has 188 valence electrons. The molecule has 0 bridgehead atoms. The van der Waals surface area contributed by atoms with Crippen molar-refractivity contribution in [2.75, 3.05) is 32.8 Å². The summed E-state index contributed by atoms with van der Waals surface area (Å²) < 4.78 is 5.84. The molecule has 0 radical (unpaired) electrons. The van der Waals surface area contributed by atoms with Crippen LogP contribution in [0.2, 0.25) is 0 Å². The monoisotopic (exact) mass is 478 g/mol. The Labute approximate surface area is 209 Å². The van der Waals surface area contributed by atoms with Crippen molar-refractivity contribution in [1.29, 1.82) is 0 Å². The zero-order valence-corrected chi connectivity index (χ0v) is 21.6. The lowest BCUT2D eigenvalue weighted by atomic mass is 9.94. The fourth-order valence-electron chi connectivity index (χ4n) is 4.44. The smallest absolute Gasteiger partial charge is 0.295 e. The molecule has 1 amide bonds. The van der Waals surface area contributed by atoms with Crippen LogP contribution >= 0.6 is 0 Å². The van der Waals surface area contributed by atoms with Gasteiger partial charge in [0.05, 0.1) is 18.2 Å². The number of hydrogen-bond donors (Lipinski definition) is 1. The molecule has 1 fully saturated rings. The fraction of sp³-hybridized carbons (Fsp3) is 0.448. The predicted octanol–water partition coefficient (Wildman–Crippen LogP) is 5.25. The van der Waals surface area contributed by atoms with Gasteiger partial charge in [-0.2, -0.15) is 0 Å². The van der Waals surface area contributed by atoms with E-state index in [4.69, 9.17) is 4.74 Å². The van der Waals surface area contributed by atoms with Crippen molar-refractivity contribution < 1.29 is 19.4 Å². The number of amides is 1. The SMILES string of the molecule is CCCCOc1ccc(C(O)=C2C(=O)C(=O)N(CCN(CC)CC)[C@@H]2c2ccc(C)cc2)cc1C. The maximum atomic E-state index is 13.2. The van der Waals surface area contributed by atoms with Gasteiger partial charge in [-0.1, -0.05) is 57.0 Å². The molecule has 35 heavy (non-hydrogen) atoms. The molecule has 1 atom stereocenters. The minimum absolute atomic E-state index is 0.137. The standard InChI is InChI=1S/C29H38N2O4/c1-6-9-18-35-24-15-14-23(19-21(24)5)27(32)25-26(22-12-10-20(4)11-13-22)31(29(34)28(25)33)17-16-30(7-2)8-3/h10-15,19,26,32H,6-9,16-18H2,1-5H3/t26-/m1/s1. The van der Waals surface area contributed by atoms with Crippen LogP contribution in [0.25, 0.3) is 5.76 Å².